The number of hydrogen-bond acceptors (Lipinski definition) is 3. The average Bonchev–Trinajstić information content (AvgIpc) is 2.33. The van der Waals surface area contributed by atoms with Crippen molar-refractivity contribution in [3.63, 3.8) is 0 Å². The second-order valence-corrected chi connectivity index (χ2v) is 4.92. The van der Waals surface area contributed by atoms with Gasteiger partial charge >= 0.3 is 0 Å². The molecule has 3 heteroatoms. The van der Waals surface area contributed by atoms with Crippen LogP contribution in [0.5, 0.6) is 0 Å². The monoisotopic (exact) mass is 222 g/mol. The normalized spacial score (nSPS) is 28.8. The van der Waals surface area contributed by atoms with Gasteiger partial charge in [0, 0.05) is 11.7 Å². The summed E-state index contributed by atoms with van der Waals surface area (Å²) in [5, 5.41) is 13.4. The Morgan fingerprint density at radius 3 is 2.69 bits per heavy atom. The molecule has 1 unspecified atom stereocenters. The van der Waals surface area contributed by atoms with Crippen molar-refractivity contribution in [2.45, 2.75) is 50.8 Å². The topological polar surface area (TPSA) is 58.3 Å². The van der Waals surface area contributed by atoms with E-state index in [9.17, 15) is 5.11 Å². The second kappa shape index (κ2) is 5.51. The summed E-state index contributed by atoms with van der Waals surface area (Å²) < 4.78 is 0. The van der Waals surface area contributed by atoms with Gasteiger partial charge < -0.3 is 10.8 Å². The lowest BCUT2D eigenvalue weighted by Crippen LogP contribution is -2.43. The lowest BCUT2D eigenvalue weighted by Gasteiger charge is -2.30. The number of nitrogens with two attached hydrogens (primary N) is 1. The minimum atomic E-state index is -0.359. The zero-order valence-corrected chi connectivity index (χ0v) is 9.73. The fraction of sp³-hybridized carbons (Fsp3) is 0.692. The Labute approximate surface area is 97.4 Å². The third-order valence-corrected chi connectivity index (χ3v) is 3.61. The Balaban J connectivity index is 1.78. The highest BCUT2D eigenvalue weighted by Crippen LogP contribution is 2.26. The molecule has 2 aliphatic rings. The molecule has 0 spiro atoms. The minimum Gasteiger partial charge on any atom is -0.399 e. The Kier molecular flexibility index (Phi) is 4.02. The molecule has 0 heterocycles. The smallest absolute Gasteiger partial charge is 0.108 e. The van der Waals surface area contributed by atoms with Crippen molar-refractivity contribution in [1.82, 2.24) is 5.32 Å². The molecule has 2 rings (SSSR count). The van der Waals surface area contributed by atoms with E-state index in [1.807, 2.05) is 18.2 Å². The Hall–Kier alpha value is -0.800. The Bertz CT molecular complexity index is 280. The van der Waals surface area contributed by atoms with Crippen LogP contribution >= 0.6 is 0 Å². The molecule has 1 fully saturated rings. The van der Waals surface area contributed by atoms with Crippen LogP contribution in [0.25, 0.3) is 0 Å². The summed E-state index contributed by atoms with van der Waals surface area (Å²) in [4.78, 5) is 0. The van der Waals surface area contributed by atoms with E-state index >= 15 is 0 Å². The fourth-order valence-electron chi connectivity index (χ4n) is 2.57. The van der Waals surface area contributed by atoms with Crippen LogP contribution in [0.2, 0.25) is 0 Å². The number of allylic oxidation sites excluding steroid dienone is 1. The predicted molar refractivity (Wildman–Crippen MR) is 65.5 cm³/mol. The van der Waals surface area contributed by atoms with Crippen LogP contribution in [0.4, 0.5) is 0 Å². The maximum absolute atomic E-state index is 10.1. The van der Waals surface area contributed by atoms with E-state index in [1.54, 1.807) is 0 Å². The minimum absolute atomic E-state index is 0.240. The summed E-state index contributed by atoms with van der Waals surface area (Å²) in [6.07, 6.45) is 12.6. The first-order chi connectivity index (χ1) is 7.75. The van der Waals surface area contributed by atoms with Gasteiger partial charge in [0.2, 0.25) is 0 Å². The second-order valence-electron chi connectivity index (χ2n) is 4.92. The molecule has 0 amide bonds. The number of aliphatic hydroxyl groups excluding tert-OH is 1. The van der Waals surface area contributed by atoms with Crippen molar-refractivity contribution in [3.8, 4) is 0 Å². The molecule has 90 valence electrons. The predicted octanol–water partition coefficient (Wildman–Crippen LogP) is 1.65. The lowest BCUT2D eigenvalue weighted by molar-refractivity contribution is 0.0493. The highest BCUT2D eigenvalue weighted by Gasteiger charge is 2.23. The number of rotatable bonds is 3. The third kappa shape index (κ3) is 3.09. The van der Waals surface area contributed by atoms with Crippen molar-refractivity contribution >= 4 is 0 Å². The number of aliphatic hydroxyl groups is 1. The lowest BCUT2D eigenvalue weighted by atomic mass is 9.87. The summed E-state index contributed by atoms with van der Waals surface area (Å²) in [7, 11) is 0. The maximum Gasteiger partial charge on any atom is 0.108 e. The molecule has 0 radical (unpaired) electrons. The quantitative estimate of drug-likeness (QED) is 0.636. The molecule has 0 saturated heterocycles. The molecule has 4 N–H and O–H groups in total. The van der Waals surface area contributed by atoms with Gasteiger partial charge in [-0.2, -0.15) is 0 Å². The van der Waals surface area contributed by atoms with Crippen LogP contribution in [0.3, 0.4) is 0 Å². The van der Waals surface area contributed by atoms with Gasteiger partial charge in [0.05, 0.1) is 0 Å². The van der Waals surface area contributed by atoms with Crippen molar-refractivity contribution in [2.75, 3.05) is 0 Å². The van der Waals surface area contributed by atoms with Crippen molar-refractivity contribution in [2.24, 2.45) is 11.7 Å². The molecule has 0 aromatic rings. The number of nitrogens with one attached hydrogen (secondary N) is 1. The van der Waals surface area contributed by atoms with E-state index in [4.69, 9.17) is 5.73 Å². The molecule has 0 bridgehead atoms. The van der Waals surface area contributed by atoms with Gasteiger partial charge in [-0.3, -0.25) is 5.32 Å². The third-order valence-electron chi connectivity index (χ3n) is 3.61. The van der Waals surface area contributed by atoms with Gasteiger partial charge in [0.1, 0.15) is 6.23 Å². The highest BCUT2D eigenvalue weighted by molar-refractivity contribution is 5.22. The van der Waals surface area contributed by atoms with E-state index in [1.165, 1.54) is 19.3 Å². The van der Waals surface area contributed by atoms with E-state index < -0.39 is 0 Å². The van der Waals surface area contributed by atoms with Crippen LogP contribution in [-0.2, 0) is 0 Å². The summed E-state index contributed by atoms with van der Waals surface area (Å²) in [6.45, 7) is 0. The average molecular weight is 222 g/mol. The molecule has 0 aliphatic heterocycles. The zero-order chi connectivity index (χ0) is 11.4. The first-order valence-electron chi connectivity index (χ1n) is 6.33. The molecule has 16 heavy (non-hydrogen) atoms. The molecular formula is C13H22N2O. The first-order valence-corrected chi connectivity index (χ1v) is 6.33. The van der Waals surface area contributed by atoms with Crippen molar-refractivity contribution in [3.05, 3.63) is 23.9 Å². The van der Waals surface area contributed by atoms with Crippen molar-refractivity contribution in [1.29, 1.82) is 0 Å². The number of hydrogen-bond donors (Lipinski definition) is 3. The van der Waals surface area contributed by atoms with Crippen LogP contribution in [0.15, 0.2) is 23.9 Å². The van der Waals surface area contributed by atoms with E-state index in [2.05, 4.69) is 5.32 Å². The van der Waals surface area contributed by atoms with Crippen LogP contribution in [-0.4, -0.2) is 17.4 Å². The van der Waals surface area contributed by atoms with Gasteiger partial charge in [-0.15, -0.1) is 0 Å². The SMILES string of the molecule is NC1=CCC(N[C@@H](O)C2CCCCC2)C=C1. The summed E-state index contributed by atoms with van der Waals surface area (Å²) in [6, 6.07) is 0.240. The maximum atomic E-state index is 10.1. The molecule has 3 nitrogen and oxygen atoms in total. The van der Waals surface area contributed by atoms with Gasteiger partial charge in [-0.05, 0) is 31.3 Å². The van der Waals surface area contributed by atoms with Crippen LogP contribution < -0.4 is 11.1 Å². The first kappa shape index (κ1) is 11.7. The molecule has 2 atom stereocenters. The molecule has 1 saturated carbocycles. The summed E-state index contributed by atoms with van der Waals surface area (Å²) in [5.41, 5.74) is 6.48. The van der Waals surface area contributed by atoms with Gasteiger partial charge in [0.15, 0.2) is 0 Å². The highest BCUT2D eigenvalue weighted by atomic mass is 16.3. The van der Waals surface area contributed by atoms with Crippen molar-refractivity contribution < 1.29 is 5.11 Å². The standard InChI is InChI=1S/C13H22N2O/c14-11-6-8-12(9-7-11)15-13(16)10-4-2-1-3-5-10/h6-8,10,12-13,15-16H,1-5,9,14H2/t12?,13-/m0/s1. The molecule has 2 aliphatic carbocycles. The van der Waals surface area contributed by atoms with Gasteiger partial charge in [-0.25, -0.2) is 0 Å². The van der Waals surface area contributed by atoms with Gasteiger partial charge in [0.25, 0.3) is 0 Å². The Morgan fingerprint density at radius 2 is 2.06 bits per heavy atom. The van der Waals surface area contributed by atoms with Crippen LogP contribution in [0, 0.1) is 5.92 Å². The summed E-state index contributed by atoms with van der Waals surface area (Å²) in [5.74, 6) is 0.436. The molecule has 0 aromatic heterocycles. The molecule has 0 aromatic carbocycles. The largest absolute Gasteiger partial charge is 0.399 e. The van der Waals surface area contributed by atoms with E-state index in [0.29, 0.717) is 5.92 Å². The molecular weight excluding hydrogens is 200 g/mol. The zero-order valence-electron chi connectivity index (χ0n) is 9.73. The fourth-order valence-corrected chi connectivity index (χ4v) is 2.57. The Morgan fingerprint density at radius 1 is 1.31 bits per heavy atom. The van der Waals surface area contributed by atoms with E-state index in [-0.39, 0.29) is 12.3 Å². The van der Waals surface area contributed by atoms with Gasteiger partial charge in [-0.1, -0.05) is 31.4 Å². The summed E-state index contributed by atoms with van der Waals surface area (Å²) >= 11 is 0. The van der Waals surface area contributed by atoms with E-state index in [0.717, 1.165) is 25.0 Å². The van der Waals surface area contributed by atoms with Crippen LogP contribution in [0.1, 0.15) is 38.5 Å².